The molecule has 2 atom stereocenters. The highest BCUT2D eigenvalue weighted by Crippen LogP contribution is 2.34. The molecule has 3 aromatic carbocycles. The molecule has 0 radical (unpaired) electrons. The molecule has 0 spiro atoms. The summed E-state index contributed by atoms with van der Waals surface area (Å²) in [6.45, 7) is 4.64. The fourth-order valence-electron chi connectivity index (χ4n) is 4.55. The minimum atomic E-state index is 0.114. The van der Waals surface area contributed by atoms with Crippen LogP contribution in [-0.4, -0.2) is 39.2 Å². The fraction of sp³-hybridized carbons (Fsp3) is 0.379. The maximum absolute atomic E-state index is 6.36. The largest absolute Gasteiger partial charge is 0.494 e. The average Bonchev–Trinajstić information content (AvgIpc) is 3.39. The van der Waals surface area contributed by atoms with Crippen molar-refractivity contribution in [1.29, 1.82) is 0 Å². The van der Waals surface area contributed by atoms with Crippen molar-refractivity contribution in [2.24, 2.45) is 0 Å². The molecule has 0 aromatic heterocycles. The van der Waals surface area contributed by atoms with Crippen LogP contribution in [0.2, 0.25) is 0 Å². The van der Waals surface area contributed by atoms with E-state index in [1.165, 1.54) is 11.1 Å². The van der Waals surface area contributed by atoms with Gasteiger partial charge in [0.15, 0.2) is 11.5 Å². The summed E-state index contributed by atoms with van der Waals surface area (Å²) in [6.07, 6.45) is 2.02. The van der Waals surface area contributed by atoms with Gasteiger partial charge in [-0.3, -0.25) is 0 Å². The van der Waals surface area contributed by atoms with Gasteiger partial charge in [0.25, 0.3) is 0 Å². The van der Waals surface area contributed by atoms with Gasteiger partial charge in [-0.1, -0.05) is 48.5 Å². The molecule has 0 saturated carbocycles. The number of hydrogen-bond acceptors (Lipinski definition) is 6. The zero-order valence-corrected chi connectivity index (χ0v) is 20.0. The lowest BCUT2D eigenvalue weighted by molar-refractivity contribution is 0.0105. The van der Waals surface area contributed by atoms with Gasteiger partial charge in [0, 0.05) is 18.9 Å². The summed E-state index contributed by atoms with van der Waals surface area (Å²) in [5.41, 5.74) is 3.58. The van der Waals surface area contributed by atoms with Gasteiger partial charge in [0.1, 0.15) is 5.75 Å². The summed E-state index contributed by atoms with van der Waals surface area (Å²) in [6, 6.07) is 24.7. The zero-order chi connectivity index (χ0) is 23.7. The Bertz CT molecular complexity index is 1060. The lowest BCUT2D eigenvalue weighted by atomic mass is 9.87. The number of nitrogens with one attached hydrogen (secondary N) is 1. The second kappa shape index (κ2) is 12.1. The van der Waals surface area contributed by atoms with E-state index >= 15 is 0 Å². The molecule has 1 N–H and O–H groups in total. The normalized spacial score (nSPS) is 19.0. The lowest BCUT2D eigenvalue weighted by Gasteiger charge is -2.32. The number of fused-ring (bicyclic) bond motifs is 1. The Hall–Kier alpha value is -3.06. The quantitative estimate of drug-likeness (QED) is 0.391. The molecule has 3 aromatic rings. The molecule has 2 unspecified atom stereocenters. The molecule has 0 aliphatic carbocycles. The van der Waals surface area contributed by atoms with E-state index in [4.69, 9.17) is 23.7 Å². The van der Waals surface area contributed by atoms with Gasteiger partial charge in [-0.25, -0.2) is 0 Å². The van der Waals surface area contributed by atoms with Crippen molar-refractivity contribution >= 4 is 0 Å². The fourth-order valence-corrected chi connectivity index (χ4v) is 4.55. The van der Waals surface area contributed by atoms with Gasteiger partial charge in [-0.05, 0) is 53.9 Å². The van der Waals surface area contributed by atoms with E-state index in [-0.39, 0.29) is 12.9 Å². The van der Waals surface area contributed by atoms with Crippen LogP contribution in [0.25, 0.3) is 0 Å². The second-order valence-electron chi connectivity index (χ2n) is 8.95. The maximum atomic E-state index is 6.36. The van der Waals surface area contributed by atoms with Crippen LogP contribution in [0.5, 0.6) is 17.2 Å². The van der Waals surface area contributed by atoms with Crippen molar-refractivity contribution in [3.63, 3.8) is 0 Å². The summed E-state index contributed by atoms with van der Waals surface area (Å²) < 4.78 is 28.9. The van der Waals surface area contributed by atoms with E-state index < -0.39 is 0 Å². The molecule has 5 rings (SSSR count). The Morgan fingerprint density at radius 1 is 0.829 bits per heavy atom. The highest BCUT2D eigenvalue weighted by molar-refractivity contribution is 5.44. The van der Waals surface area contributed by atoms with E-state index in [0.717, 1.165) is 48.7 Å². The van der Waals surface area contributed by atoms with Crippen molar-refractivity contribution in [2.75, 3.05) is 33.1 Å². The Morgan fingerprint density at radius 2 is 1.69 bits per heavy atom. The molecule has 2 heterocycles. The predicted octanol–water partition coefficient (Wildman–Crippen LogP) is 5.06. The standard InChI is InChI=1S/C29H33NO5/c1-2-5-22(6-3-1)19-31-15-4-16-32-25-10-8-24(9-11-25)26-13-14-30-18-29(26)33-20-23-7-12-27-28(17-23)35-21-34-27/h1-3,5-12,17,26,29-30H,4,13-16,18-21H2. The smallest absolute Gasteiger partial charge is 0.231 e. The molecule has 0 bridgehead atoms. The van der Waals surface area contributed by atoms with Gasteiger partial charge < -0.3 is 29.0 Å². The van der Waals surface area contributed by atoms with E-state index in [0.29, 0.717) is 32.3 Å². The van der Waals surface area contributed by atoms with Crippen LogP contribution >= 0.6 is 0 Å². The van der Waals surface area contributed by atoms with Crippen LogP contribution < -0.4 is 19.5 Å². The first kappa shape index (κ1) is 23.7. The molecule has 6 nitrogen and oxygen atoms in total. The molecule has 1 saturated heterocycles. The van der Waals surface area contributed by atoms with Crippen LogP contribution in [0.4, 0.5) is 0 Å². The van der Waals surface area contributed by atoms with Crippen molar-refractivity contribution < 1.29 is 23.7 Å². The molecule has 0 amide bonds. The first-order valence-electron chi connectivity index (χ1n) is 12.4. The molecule has 2 aliphatic heterocycles. The molecule has 2 aliphatic rings. The van der Waals surface area contributed by atoms with E-state index in [9.17, 15) is 0 Å². The van der Waals surface area contributed by atoms with E-state index in [1.807, 2.05) is 36.4 Å². The Morgan fingerprint density at radius 3 is 2.57 bits per heavy atom. The lowest BCUT2D eigenvalue weighted by Crippen LogP contribution is -2.40. The zero-order valence-electron chi connectivity index (χ0n) is 20.0. The predicted molar refractivity (Wildman–Crippen MR) is 134 cm³/mol. The first-order chi connectivity index (χ1) is 17.3. The maximum Gasteiger partial charge on any atom is 0.231 e. The first-order valence-corrected chi connectivity index (χ1v) is 12.4. The van der Waals surface area contributed by atoms with Gasteiger partial charge in [0.05, 0.1) is 32.5 Å². The van der Waals surface area contributed by atoms with Crippen LogP contribution in [0.15, 0.2) is 72.8 Å². The minimum absolute atomic E-state index is 0.114. The molecule has 35 heavy (non-hydrogen) atoms. The van der Waals surface area contributed by atoms with Gasteiger partial charge >= 0.3 is 0 Å². The van der Waals surface area contributed by atoms with Crippen LogP contribution in [0, 0.1) is 0 Å². The average molecular weight is 476 g/mol. The molecular formula is C29H33NO5. The highest BCUT2D eigenvalue weighted by atomic mass is 16.7. The van der Waals surface area contributed by atoms with Gasteiger partial charge in [0.2, 0.25) is 6.79 Å². The molecule has 184 valence electrons. The Kier molecular flexibility index (Phi) is 8.16. The summed E-state index contributed by atoms with van der Waals surface area (Å²) in [7, 11) is 0. The second-order valence-corrected chi connectivity index (χ2v) is 8.95. The minimum Gasteiger partial charge on any atom is -0.494 e. The van der Waals surface area contributed by atoms with E-state index in [2.05, 4.69) is 41.7 Å². The van der Waals surface area contributed by atoms with Gasteiger partial charge in [-0.15, -0.1) is 0 Å². The van der Waals surface area contributed by atoms with Crippen LogP contribution in [0.3, 0.4) is 0 Å². The summed E-state index contributed by atoms with van der Waals surface area (Å²) in [4.78, 5) is 0. The van der Waals surface area contributed by atoms with Crippen LogP contribution in [0.1, 0.15) is 35.4 Å². The van der Waals surface area contributed by atoms with Gasteiger partial charge in [-0.2, -0.15) is 0 Å². The van der Waals surface area contributed by atoms with Crippen molar-refractivity contribution in [3.05, 3.63) is 89.5 Å². The molecule has 6 heteroatoms. The Balaban J connectivity index is 1.07. The number of piperidine rings is 1. The summed E-state index contributed by atoms with van der Waals surface area (Å²) >= 11 is 0. The Labute approximate surface area is 207 Å². The number of benzene rings is 3. The SMILES string of the molecule is c1ccc(COCCCOc2ccc(C3CCNCC3OCc3ccc4c(c3)OCO4)cc2)cc1. The third kappa shape index (κ3) is 6.54. The van der Waals surface area contributed by atoms with Crippen molar-refractivity contribution in [3.8, 4) is 17.2 Å². The summed E-state index contributed by atoms with van der Waals surface area (Å²) in [5.74, 6) is 2.84. The number of hydrogen-bond donors (Lipinski definition) is 1. The molecular weight excluding hydrogens is 442 g/mol. The van der Waals surface area contributed by atoms with Crippen molar-refractivity contribution in [1.82, 2.24) is 5.32 Å². The van der Waals surface area contributed by atoms with E-state index in [1.54, 1.807) is 0 Å². The topological polar surface area (TPSA) is 58.2 Å². The third-order valence-electron chi connectivity index (χ3n) is 6.45. The monoisotopic (exact) mass is 475 g/mol. The summed E-state index contributed by atoms with van der Waals surface area (Å²) in [5, 5.41) is 3.47. The van der Waals surface area contributed by atoms with Crippen LogP contribution in [-0.2, 0) is 22.7 Å². The number of rotatable bonds is 11. The third-order valence-corrected chi connectivity index (χ3v) is 6.45. The van der Waals surface area contributed by atoms with Crippen molar-refractivity contribution in [2.45, 2.75) is 38.1 Å². The number of ether oxygens (including phenoxy) is 5. The molecule has 1 fully saturated rings. The highest BCUT2D eigenvalue weighted by Gasteiger charge is 2.27.